The average molecular weight is 335 g/mol. The van der Waals surface area contributed by atoms with E-state index in [1.807, 2.05) is 13.8 Å². The molecule has 122 valence electrons. The third-order valence-electron chi connectivity index (χ3n) is 3.54. The highest BCUT2D eigenvalue weighted by Crippen LogP contribution is 2.26. The quantitative estimate of drug-likeness (QED) is 0.623. The molecule has 1 aromatic carbocycles. The first-order chi connectivity index (χ1) is 10.9. The van der Waals surface area contributed by atoms with Gasteiger partial charge in [0.25, 0.3) is 11.6 Å². The van der Waals surface area contributed by atoms with Crippen molar-refractivity contribution in [2.24, 2.45) is 5.92 Å². The summed E-state index contributed by atoms with van der Waals surface area (Å²) in [5.74, 6) is -0.389. The van der Waals surface area contributed by atoms with E-state index in [9.17, 15) is 14.9 Å². The third-order valence-corrected chi connectivity index (χ3v) is 4.43. The second-order valence-electron chi connectivity index (χ2n) is 5.27. The molecule has 0 aliphatic carbocycles. The first kappa shape index (κ1) is 17.0. The predicted octanol–water partition coefficient (Wildman–Crippen LogP) is 2.47. The van der Waals surface area contributed by atoms with Crippen LogP contribution in [-0.2, 0) is 0 Å². The fraction of sp³-hybridized carbons (Fsp3) is 0.333. The van der Waals surface area contributed by atoms with Crippen LogP contribution in [0.4, 0.5) is 5.69 Å². The molecule has 0 aliphatic heterocycles. The highest BCUT2D eigenvalue weighted by molar-refractivity contribution is 7.13. The van der Waals surface area contributed by atoms with Gasteiger partial charge in [0, 0.05) is 35.7 Å². The molecule has 2 aromatic rings. The summed E-state index contributed by atoms with van der Waals surface area (Å²) in [6, 6.07) is 5.94. The number of thiazole rings is 1. The molecule has 0 saturated heterocycles. The van der Waals surface area contributed by atoms with E-state index >= 15 is 0 Å². The van der Waals surface area contributed by atoms with Crippen molar-refractivity contribution in [1.29, 1.82) is 0 Å². The van der Waals surface area contributed by atoms with Gasteiger partial charge in [-0.15, -0.1) is 11.3 Å². The Morgan fingerprint density at radius 3 is 2.87 bits per heavy atom. The Bertz CT molecular complexity index is 716. The van der Waals surface area contributed by atoms with Gasteiger partial charge in [-0.3, -0.25) is 14.9 Å². The van der Waals surface area contributed by atoms with Gasteiger partial charge in [-0.2, -0.15) is 0 Å². The normalized spacial score (nSPS) is 13.3. The number of nitro benzene ring substituents is 1. The summed E-state index contributed by atoms with van der Waals surface area (Å²) < 4.78 is 0. The molecule has 1 aromatic heterocycles. The summed E-state index contributed by atoms with van der Waals surface area (Å²) in [6.45, 7) is 3.63. The van der Waals surface area contributed by atoms with Crippen molar-refractivity contribution in [1.82, 2.24) is 10.3 Å². The molecule has 2 N–H and O–H groups in total. The number of nitrogens with zero attached hydrogens (tertiary/aromatic N) is 2. The predicted molar refractivity (Wildman–Crippen MR) is 87.4 cm³/mol. The van der Waals surface area contributed by atoms with Crippen LogP contribution in [0.3, 0.4) is 0 Å². The zero-order valence-electron chi connectivity index (χ0n) is 12.7. The Labute approximate surface area is 137 Å². The van der Waals surface area contributed by atoms with Crippen molar-refractivity contribution in [3.05, 3.63) is 45.5 Å². The second kappa shape index (κ2) is 7.30. The first-order valence-electron chi connectivity index (χ1n) is 7.04. The van der Waals surface area contributed by atoms with E-state index in [1.54, 1.807) is 17.5 Å². The minimum Gasteiger partial charge on any atom is -0.396 e. The summed E-state index contributed by atoms with van der Waals surface area (Å²) >= 11 is 1.25. The van der Waals surface area contributed by atoms with Crippen LogP contribution in [0.25, 0.3) is 10.6 Å². The van der Waals surface area contributed by atoms with Crippen LogP contribution < -0.4 is 5.32 Å². The van der Waals surface area contributed by atoms with E-state index in [0.717, 1.165) is 0 Å². The maximum atomic E-state index is 12.1. The summed E-state index contributed by atoms with van der Waals surface area (Å²) in [6.07, 6.45) is 0. The van der Waals surface area contributed by atoms with Crippen molar-refractivity contribution < 1.29 is 14.8 Å². The summed E-state index contributed by atoms with van der Waals surface area (Å²) in [4.78, 5) is 26.7. The number of aliphatic hydroxyl groups excluding tert-OH is 1. The van der Waals surface area contributed by atoms with Crippen LogP contribution in [0.15, 0.2) is 29.6 Å². The lowest BCUT2D eigenvalue weighted by molar-refractivity contribution is -0.384. The molecule has 1 amide bonds. The van der Waals surface area contributed by atoms with E-state index in [0.29, 0.717) is 10.6 Å². The number of amides is 1. The monoisotopic (exact) mass is 335 g/mol. The van der Waals surface area contributed by atoms with E-state index in [2.05, 4.69) is 10.3 Å². The number of carbonyl (C=O) groups is 1. The molecular weight excluding hydrogens is 318 g/mol. The lowest BCUT2D eigenvalue weighted by Crippen LogP contribution is -2.38. The van der Waals surface area contributed by atoms with Gasteiger partial charge >= 0.3 is 0 Å². The molecule has 0 radical (unpaired) electrons. The smallest absolute Gasteiger partial charge is 0.270 e. The molecule has 2 atom stereocenters. The van der Waals surface area contributed by atoms with Crippen LogP contribution in [0.1, 0.15) is 24.3 Å². The molecule has 23 heavy (non-hydrogen) atoms. The van der Waals surface area contributed by atoms with Crippen molar-refractivity contribution in [2.45, 2.75) is 19.9 Å². The van der Waals surface area contributed by atoms with Gasteiger partial charge in [0.05, 0.1) is 4.92 Å². The average Bonchev–Trinajstić information content (AvgIpc) is 3.04. The van der Waals surface area contributed by atoms with E-state index in [1.165, 1.54) is 23.5 Å². The molecule has 8 heteroatoms. The minimum absolute atomic E-state index is 0.0164. The van der Waals surface area contributed by atoms with Crippen LogP contribution in [-0.4, -0.2) is 33.6 Å². The number of carbonyl (C=O) groups excluding carboxylic acids is 1. The van der Waals surface area contributed by atoms with Gasteiger partial charge in [-0.05, 0) is 12.8 Å². The van der Waals surface area contributed by atoms with Gasteiger partial charge < -0.3 is 10.4 Å². The molecule has 2 rings (SSSR count). The topological polar surface area (TPSA) is 105 Å². The first-order valence-corrected chi connectivity index (χ1v) is 7.92. The molecule has 0 fully saturated rings. The van der Waals surface area contributed by atoms with E-state index < -0.39 is 4.92 Å². The number of hydrogen-bond donors (Lipinski definition) is 2. The van der Waals surface area contributed by atoms with Crippen molar-refractivity contribution >= 4 is 22.9 Å². The number of nitrogens with one attached hydrogen (secondary N) is 1. The lowest BCUT2D eigenvalue weighted by atomic mass is 10.1. The van der Waals surface area contributed by atoms with Gasteiger partial charge in [0.1, 0.15) is 10.7 Å². The van der Waals surface area contributed by atoms with Crippen molar-refractivity contribution in [3.63, 3.8) is 0 Å². The number of aliphatic hydroxyl groups is 1. The minimum atomic E-state index is -0.470. The molecule has 1 heterocycles. The lowest BCUT2D eigenvalue weighted by Gasteiger charge is -2.18. The van der Waals surface area contributed by atoms with Crippen LogP contribution >= 0.6 is 11.3 Å². The van der Waals surface area contributed by atoms with Gasteiger partial charge in [0.15, 0.2) is 0 Å². The Balaban J connectivity index is 2.16. The van der Waals surface area contributed by atoms with E-state index in [4.69, 9.17) is 5.11 Å². The number of hydrogen-bond acceptors (Lipinski definition) is 6. The summed E-state index contributed by atoms with van der Waals surface area (Å²) in [7, 11) is 0. The van der Waals surface area contributed by atoms with Crippen LogP contribution in [0.5, 0.6) is 0 Å². The number of rotatable bonds is 6. The highest BCUT2D eigenvalue weighted by atomic mass is 32.1. The van der Waals surface area contributed by atoms with Crippen molar-refractivity contribution in [3.8, 4) is 10.6 Å². The Hall–Kier alpha value is -2.32. The Morgan fingerprint density at radius 2 is 2.22 bits per heavy atom. The van der Waals surface area contributed by atoms with Crippen LogP contribution in [0.2, 0.25) is 0 Å². The molecule has 0 aliphatic rings. The molecule has 2 unspecified atom stereocenters. The maximum absolute atomic E-state index is 12.1. The third kappa shape index (κ3) is 4.11. The molecule has 7 nitrogen and oxygen atoms in total. The number of aromatic nitrogens is 1. The molecule has 0 saturated carbocycles. The molecule has 0 spiro atoms. The Morgan fingerprint density at radius 1 is 1.48 bits per heavy atom. The SMILES string of the molecule is CC(CO)C(C)NC(=O)c1csc(-c2cccc([N+](=O)[O-])c2)n1. The molecule has 0 bridgehead atoms. The summed E-state index contributed by atoms with van der Waals surface area (Å²) in [5, 5.41) is 24.8. The van der Waals surface area contributed by atoms with Gasteiger partial charge in [-0.1, -0.05) is 19.1 Å². The number of nitro groups is 1. The molecular formula is C15H17N3O4S. The standard InChI is InChI=1S/C15H17N3O4S/c1-9(7-19)10(2)16-14(20)13-8-23-15(17-13)11-4-3-5-12(6-11)18(21)22/h3-6,8-10,19H,7H2,1-2H3,(H,16,20). The van der Waals surface area contributed by atoms with Gasteiger partial charge in [0.2, 0.25) is 0 Å². The fourth-order valence-electron chi connectivity index (χ4n) is 1.84. The van der Waals surface area contributed by atoms with Gasteiger partial charge in [-0.25, -0.2) is 4.98 Å². The Kier molecular flexibility index (Phi) is 5.41. The van der Waals surface area contributed by atoms with E-state index in [-0.39, 0.29) is 35.9 Å². The second-order valence-corrected chi connectivity index (χ2v) is 6.13. The fourth-order valence-corrected chi connectivity index (χ4v) is 2.64. The van der Waals surface area contributed by atoms with Crippen LogP contribution in [0, 0.1) is 16.0 Å². The highest BCUT2D eigenvalue weighted by Gasteiger charge is 2.18. The summed E-state index contributed by atoms with van der Waals surface area (Å²) in [5.41, 5.74) is 0.836. The largest absolute Gasteiger partial charge is 0.396 e. The number of non-ortho nitro benzene ring substituents is 1. The maximum Gasteiger partial charge on any atom is 0.270 e. The zero-order chi connectivity index (χ0) is 17.0. The number of benzene rings is 1. The van der Waals surface area contributed by atoms with Crippen molar-refractivity contribution in [2.75, 3.05) is 6.61 Å². The zero-order valence-corrected chi connectivity index (χ0v) is 13.5.